The predicted molar refractivity (Wildman–Crippen MR) is 116 cm³/mol. The highest BCUT2D eigenvalue weighted by Crippen LogP contribution is 2.26. The van der Waals surface area contributed by atoms with E-state index < -0.39 is 0 Å². The summed E-state index contributed by atoms with van der Waals surface area (Å²) in [4.78, 5) is 27.5. The van der Waals surface area contributed by atoms with Crippen LogP contribution in [-0.2, 0) is 11.2 Å². The molecule has 162 valence electrons. The van der Waals surface area contributed by atoms with Crippen molar-refractivity contribution >= 4 is 17.5 Å². The van der Waals surface area contributed by atoms with Crippen LogP contribution in [0.1, 0.15) is 46.6 Å². The van der Waals surface area contributed by atoms with Gasteiger partial charge in [-0.2, -0.15) is 5.10 Å². The number of nitrogens with two attached hydrogens (primary N) is 1. The Balaban J connectivity index is 1.34. The fourth-order valence-corrected chi connectivity index (χ4v) is 4.18. The third-order valence-electron chi connectivity index (χ3n) is 6.06. The topological polar surface area (TPSA) is 107 Å². The number of amides is 1. The van der Waals surface area contributed by atoms with E-state index in [-0.39, 0.29) is 17.6 Å². The van der Waals surface area contributed by atoms with E-state index >= 15 is 0 Å². The molecule has 8 nitrogen and oxygen atoms in total. The standard InChI is InChI=1S/C23H27N5O3/c1-15-19(16(2)31-26-15)8-9-21(29)27-12-10-17(11-13-27)22(30)20-14-25-28(23(20)24)18-6-4-3-5-7-18/h3-7,14,17H,8-13,24H2,1-2H3. The first-order chi connectivity index (χ1) is 15.0. The quantitative estimate of drug-likeness (QED) is 0.613. The maximum atomic E-state index is 13.0. The first kappa shape index (κ1) is 20.8. The number of likely N-dealkylation sites (tertiary alicyclic amines) is 1. The van der Waals surface area contributed by atoms with Crippen molar-refractivity contribution < 1.29 is 14.1 Å². The molecule has 2 aromatic heterocycles. The minimum absolute atomic E-state index is 0.00232. The largest absolute Gasteiger partial charge is 0.383 e. The van der Waals surface area contributed by atoms with E-state index in [1.165, 1.54) is 0 Å². The summed E-state index contributed by atoms with van der Waals surface area (Å²) in [6.07, 6.45) is 3.84. The highest BCUT2D eigenvalue weighted by Gasteiger charge is 2.30. The summed E-state index contributed by atoms with van der Waals surface area (Å²) in [5.74, 6) is 1.07. The van der Waals surface area contributed by atoms with E-state index in [4.69, 9.17) is 10.3 Å². The lowest BCUT2D eigenvalue weighted by Crippen LogP contribution is -2.40. The third-order valence-corrected chi connectivity index (χ3v) is 6.06. The number of nitrogens with zero attached hydrogens (tertiary/aromatic N) is 4. The van der Waals surface area contributed by atoms with Crippen molar-refractivity contribution in [3.63, 3.8) is 0 Å². The van der Waals surface area contributed by atoms with Crippen LogP contribution in [0.4, 0.5) is 5.82 Å². The number of carbonyl (C=O) groups is 2. The Labute approximate surface area is 181 Å². The SMILES string of the molecule is Cc1noc(C)c1CCC(=O)N1CCC(C(=O)c2cnn(-c3ccccc3)c2N)CC1. The smallest absolute Gasteiger partial charge is 0.222 e. The van der Waals surface area contributed by atoms with Crippen LogP contribution in [0, 0.1) is 19.8 Å². The molecule has 0 radical (unpaired) electrons. The number of Topliss-reactive ketones (excluding diaryl/α,β-unsaturated/α-hetero) is 1. The van der Waals surface area contributed by atoms with E-state index in [0.717, 1.165) is 22.7 Å². The van der Waals surface area contributed by atoms with E-state index in [1.54, 1.807) is 10.9 Å². The summed E-state index contributed by atoms with van der Waals surface area (Å²) in [5, 5.41) is 8.24. The summed E-state index contributed by atoms with van der Waals surface area (Å²) in [5.41, 5.74) is 9.34. The summed E-state index contributed by atoms with van der Waals surface area (Å²) in [6, 6.07) is 9.50. The van der Waals surface area contributed by atoms with Gasteiger partial charge in [0.25, 0.3) is 0 Å². The predicted octanol–water partition coefficient (Wildman–Crippen LogP) is 3.11. The number of para-hydroxylation sites is 1. The van der Waals surface area contributed by atoms with Gasteiger partial charge in [-0.25, -0.2) is 4.68 Å². The molecule has 4 rings (SSSR count). The number of hydrogen-bond acceptors (Lipinski definition) is 6. The van der Waals surface area contributed by atoms with Crippen molar-refractivity contribution in [2.45, 2.75) is 39.5 Å². The molecular weight excluding hydrogens is 394 g/mol. The van der Waals surface area contributed by atoms with Crippen LogP contribution in [0.2, 0.25) is 0 Å². The maximum absolute atomic E-state index is 13.0. The molecule has 0 atom stereocenters. The van der Waals surface area contributed by atoms with Crippen molar-refractivity contribution in [1.82, 2.24) is 19.8 Å². The van der Waals surface area contributed by atoms with Gasteiger partial charge in [-0.05, 0) is 45.2 Å². The van der Waals surface area contributed by atoms with Crippen LogP contribution in [0.15, 0.2) is 41.1 Å². The van der Waals surface area contributed by atoms with Crippen LogP contribution in [0.5, 0.6) is 0 Å². The number of nitrogen functional groups attached to an aromatic ring is 1. The molecule has 0 aliphatic carbocycles. The number of rotatable bonds is 6. The molecule has 1 amide bonds. The molecule has 31 heavy (non-hydrogen) atoms. The molecule has 1 aliphatic heterocycles. The molecule has 0 unspecified atom stereocenters. The number of carbonyl (C=O) groups excluding carboxylic acids is 2. The highest BCUT2D eigenvalue weighted by atomic mass is 16.5. The molecule has 1 fully saturated rings. The molecule has 3 aromatic rings. The van der Waals surface area contributed by atoms with Gasteiger partial charge in [0.2, 0.25) is 5.91 Å². The molecule has 0 bridgehead atoms. The van der Waals surface area contributed by atoms with Gasteiger partial charge in [0.1, 0.15) is 11.6 Å². The second-order valence-corrected chi connectivity index (χ2v) is 8.01. The van der Waals surface area contributed by atoms with Crippen LogP contribution in [0.3, 0.4) is 0 Å². The fourth-order valence-electron chi connectivity index (χ4n) is 4.18. The minimum atomic E-state index is -0.151. The molecule has 3 heterocycles. The van der Waals surface area contributed by atoms with Crippen LogP contribution in [0.25, 0.3) is 5.69 Å². The molecule has 1 saturated heterocycles. The number of ketones is 1. The molecule has 8 heteroatoms. The van der Waals surface area contributed by atoms with E-state index in [9.17, 15) is 9.59 Å². The molecule has 1 aliphatic rings. The Morgan fingerprint density at radius 3 is 2.52 bits per heavy atom. The zero-order valence-corrected chi connectivity index (χ0v) is 17.9. The van der Waals surface area contributed by atoms with Gasteiger partial charge in [0, 0.05) is 31.0 Å². The van der Waals surface area contributed by atoms with Gasteiger partial charge >= 0.3 is 0 Å². The summed E-state index contributed by atoms with van der Waals surface area (Å²) >= 11 is 0. The first-order valence-electron chi connectivity index (χ1n) is 10.6. The van der Waals surface area contributed by atoms with Crippen LogP contribution >= 0.6 is 0 Å². The zero-order valence-electron chi connectivity index (χ0n) is 17.9. The summed E-state index contributed by atoms with van der Waals surface area (Å²) in [7, 11) is 0. The minimum Gasteiger partial charge on any atom is -0.383 e. The Hall–Kier alpha value is -3.42. The van der Waals surface area contributed by atoms with Gasteiger partial charge < -0.3 is 15.2 Å². The van der Waals surface area contributed by atoms with E-state index in [2.05, 4.69) is 10.3 Å². The number of anilines is 1. The summed E-state index contributed by atoms with van der Waals surface area (Å²) in [6.45, 7) is 4.90. The van der Waals surface area contributed by atoms with Crippen molar-refractivity contribution in [2.24, 2.45) is 5.92 Å². The van der Waals surface area contributed by atoms with Crippen LogP contribution < -0.4 is 5.73 Å². The third kappa shape index (κ3) is 4.23. The maximum Gasteiger partial charge on any atom is 0.222 e. The van der Waals surface area contributed by atoms with Gasteiger partial charge in [-0.1, -0.05) is 23.4 Å². The summed E-state index contributed by atoms with van der Waals surface area (Å²) < 4.78 is 6.75. The monoisotopic (exact) mass is 421 g/mol. The Morgan fingerprint density at radius 1 is 1.16 bits per heavy atom. The van der Waals surface area contributed by atoms with Crippen molar-refractivity contribution in [1.29, 1.82) is 0 Å². The lowest BCUT2D eigenvalue weighted by atomic mass is 9.89. The Morgan fingerprint density at radius 2 is 1.87 bits per heavy atom. The lowest BCUT2D eigenvalue weighted by Gasteiger charge is -2.31. The van der Waals surface area contributed by atoms with Gasteiger partial charge in [-0.3, -0.25) is 9.59 Å². The fraction of sp³-hybridized carbons (Fsp3) is 0.391. The average Bonchev–Trinajstić information content (AvgIpc) is 3.33. The average molecular weight is 422 g/mol. The van der Waals surface area contributed by atoms with Crippen LogP contribution in [-0.4, -0.2) is 44.6 Å². The number of benzene rings is 1. The lowest BCUT2D eigenvalue weighted by molar-refractivity contribution is -0.132. The number of aryl methyl sites for hydroxylation is 2. The highest BCUT2D eigenvalue weighted by molar-refractivity contribution is 6.01. The van der Waals surface area contributed by atoms with Gasteiger partial charge in [0.15, 0.2) is 5.78 Å². The zero-order chi connectivity index (χ0) is 22.0. The van der Waals surface area contributed by atoms with E-state index in [0.29, 0.717) is 50.2 Å². The Kier molecular flexibility index (Phi) is 5.88. The number of piperidine rings is 1. The molecule has 0 spiro atoms. The van der Waals surface area contributed by atoms with Crippen molar-refractivity contribution in [3.05, 3.63) is 59.1 Å². The number of hydrogen-bond donors (Lipinski definition) is 1. The normalized spacial score (nSPS) is 14.7. The Bertz CT molecular complexity index is 1060. The van der Waals surface area contributed by atoms with Gasteiger partial charge in [-0.15, -0.1) is 0 Å². The molecule has 2 N–H and O–H groups in total. The van der Waals surface area contributed by atoms with Gasteiger partial charge in [0.05, 0.1) is 23.1 Å². The van der Waals surface area contributed by atoms with E-state index in [1.807, 2.05) is 49.1 Å². The van der Waals surface area contributed by atoms with Crippen molar-refractivity contribution in [3.8, 4) is 5.69 Å². The second-order valence-electron chi connectivity index (χ2n) is 8.01. The first-order valence-corrected chi connectivity index (χ1v) is 10.6. The molecular formula is C23H27N5O3. The molecule has 1 aromatic carbocycles. The van der Waals surface area contributed by atoms with Crippen molar-refractivity contribution in [2.75, 3.05) is 18.8 Å². The molecule has 0 saturated carbocycles. The second kappa shape index (κ2) is 8.75. The number of aromatic nitrogens is 3.